The molecule has 0 radical (unpaired) electrons. The van der Waals surface area contributed by atoms with Crippen molar-refractivity contribution in [1.82, 2.24) is 0 Å². The fraction of sp³-hybridized carbons (Fsp3) is 0.435. The second-order valence-electron chi connectivity index (χ2n) is 9.03. The molecule has 210 valence electrons. The highest BCUT2D eigenvalue weighted by Gasteiger charge is 2.53. The highest BCUT2D eigenvalue weighted by atomic mass is 32.2. The number of alkyl halides is 3. The van der Waals surface area contributed by atoms with Crippen LogP contribution in [0.5, 0.6) is 0 Å². The Bertz CT molecular complexity index is 1400. The van der Waals surface area contributed by atoms with Gasteiger partial charge in [-0.15, -0.1) is 0 Å². The Balaban J connectivity index is 2.17. The van der Waals surface area contributed by atoms with Gasteiger partial charge in [-0.25, -0.2) is 17.2 Å². The lowest BCUT2D eigenvalue weighted by atomic mass is 9.74. The zero-order chi connectivity index (χ0) is 28.5. The van der Waals surface area contributed by atoms with E-state index in [0.29, 0.717) is 12.1 Å². The lowest BCUT2D eigenvalue weighted by molar-refractivity contribution is -0.137. The number of benzene rings is 2. The Morgan fingerprint density at radius 2 is 1.76 bits per heavy atom. The topological polar surface area (TPSA) is 129 Å². The lowest BCUT2D eigenvalue weighted by Gasteiger charge is -2.44. The zero-order valence-electron chi connectivity index (χ0n) is 20.0. The molecule has 0 heterocycles. The molecule has 0 saturated heterocycles. The molecular weight excluding hydrogens is 575 g/mol. The summed E-state index contributed by atoms with van der Waals surface area (Å²) in [6.45, 7) is 0. The van der Waals surface area contributed by atoms with Crippen LogP contribution in [0.3, 0.4) is 0 Å². The third kappa shape index (κ3) is 6.66. The summed E-state index contributed by atoms with van der Waals surface area (Å²) in [7, 11) is -8.63. The summed E-state index contributed by atoms with van der Waals surface area (Å²) in [4.78, 5) is -0.524. The van der Waals surface area contributed by atoms with Gasteiger partial charge < -0.3 is 0 Å². The van der Waals surface area contributed by atoms with Crippen LogP contribution in [0.15, 0.2) is 47.4 Å². The lowest BCUT2D eigenvalue weighted by Crippen LogP contribution is -2.47. The predicted molar refractivity (Wildman–Crippen MR) is 132 cm³/mol. The fourth-order valence-electron chi connectivity index (χ4n) is 4.76. The molecule has 3 rings (SSSR count). The van der Waals surface area contributed by atoms with E-state index < -0.39 is 77.0 Å². The summed E-state index contributed by atoms with van der Waals surface area (Å²) in [5.41, 5.74) is 3.89. The number of halogens is 5. The van der Waals surface area contributed by atoms with E-state index in [4.69, 9.17) is 15.3 Å². The molecule has 4 N–H and O–H groups in total. The van der Waals surface area contributed by atoms with Crippen molar-refractivity contribution in [2.45, 2.75) is 47.6 Å². The Hall–Kier alpha value is -2.23. The van der Waals surface area contributed by atoms with Crippen LogP contribution in [0.1, 0.15) is 36.8 Å². The van der Waals surface area contributed by atoms with Gasteiger partial charge in [0.15, 0.2) is 9.84 Å². The number of hydrogen-bond donors (Lipinski definition) is 2. The number of nitrogens with two attached hydrogens (primary N) is 2. The van der Waals surface area contributed by atoms with E-state index in [-0.39, 0.29) is 30.2 Å². The first-order chi connectivity index (χ1) is 17.5. The van der Waals surface area contributed by atoms with Crippen LogP contribution in [0.4, 0.5) is 22.0 Å². The van der Waals surface area contributed by atoms with E-state index in [1.165, 1.54) is 0 Å². The molecule has 0 aromatic heterocycles. The van der Waals surface area contributed by atoms with E-state index in [1.54, 1.807) is 0 Å². The molecule has 15 heteroatoms. The maximum atomic E-state index is 15.2. The Morgan fingerprint density at radius 3 is 2.32 bits per heavy atom. The van der Waals surface area contributed by atoms with Gasteiger partial charge >= 0.3 is 6.18 Å². The van der Waals surface area contributed by atoms with Crippen LogP contribution in [0.25, 0.3) is 0 Å². The maximum absolute atomic E-state index is 15.2. The molecule has 1 aliphatic carbocycles. The van der Waals surface area contributed by atoms with Crippen LogP contribution >= 0.6 is 11.8 Å². The largest absolute Gasteiger partial charge is 0.416 e. The van der Waals surface area contributed by atoms with Gasteiger partial charge in [0.25, 0.3) is 15.3 Å². The quantitative estimate of drug-likeness (QED) is 0.206. The van der Waals surface area contributed by atoms with Crippen LogP contribution in [0, 0.1) is 17.6 Å². The summed E-state index contributed by atoms with van der Waals surface area (Å²) in [6, 6.07) is 5.04. The number of amidine groups is 1. The molecule has 0 bridgehead atoms. The minimum absolute atomic E-state index is 0.0150. The smallest absolute Gasteiger partial charge is 0.282 e. The molecule has 38 heavy (non-hydrogen) atoms. The van der Waals surface area contributed by atoms with Gasteiger partial charge in [0.1, 0.15) is 16.4 Å². The third-order valence-corrected chi connectivity index (χ3v) is 10.3. The van der Waals surface area contributed by atoms with Gasteiger partial charge in [0.05, 0.1) is 22.8 Å². The van der Waals surface area contributed by atoms with Gasteiger partial charge in [-0.05, 0) is 85.8 Å². The monoisotopic (exact) mass is 601 g/mol. The molecule has 2 aromatic carbocycles. The van der Waals surface area contributed by atoms with Crippen molar-refractivity contribution < 1.29 is 48.4 Å². The molecule has 0 aliphatic heterocycles. The van der Waals surface area contributed by atoms with E-state index in [2.05, 4.69) is 0 Å². The summed E-state index contributed by atoms with van der Waals surface area (Å²) < 4.78 is 124. The van der Waals surface area contributed by atoms with Crippen molar-refractivity contribution in [2.75, 3.05) is 12.0 Å². The Labute approximate surface area is 221 Å². The number of thioether (sulfide) groups is 1. The van der Waals surface area contributed by atoms with Gasteiger partial charge in [-0.1, -0.05) is 0 Å². The minimum atomic E-state index is -4.72. The number of hydrogen-bond acceptors (Lipinski definition) is 6. The molecule has 0 unspecified atom stereocenters. The van der Waals surface area contributed by atoms with Crippen LogP contribution < -0.4 is 11.1 Å². The summed E-state index contributed by atoms with van der Waals surface area (Å²) in [5, 5.41) is 5.49. The summed E-state index contributed by atoms with van der Waals surface area (Å²) in [6.07, 6.45) is -5.70. The van der Waals surface area contributed by atoms with Crippen LogP contribution in [-0.2, 0) is 35.1 Å². The van der Waals surface area contributed by atoms with Crippen molar-refractivity contribution in [1.29, 1.82) is 0 Å². The van der Waals surface area contributed by atoms with Gasteiger partial charge in [0.2, 0.25) is 0 Å². The summed E-state index contributed by atoms with van der Waals surface area (Å²) in [5.74, 6) is -2.52. The number of sulfone groups is 1. The van der Waals surface area contributed by atoms with Crippen molar-refractivity contribution in [3.63, 3.8) is 0 Å². The molecule has 1 fully saturated rings. The standard InChI is InChI=1S/C23H25F5N2O5S3/c1-37(31,32)35-20-8-10-22(13-14(20)9-11-36-21(29)30,18-12-16(24)4-7-19(18)25)38(33,34)17-5-2-15(3-6-17)23(26,27)28/h2-7,12,14,20H,8-11,13H2,1H3,(H3,29,30)/p+1/t14-,20-,22-/m0/s1. The second-order valence-corrected chi connectivity index (χ2v) is 14.1. The highest BCUT2D eigenvalue weighted by Crippen LogP contribution is 2.51. The first kappa shape index (κ1) is 30.3. The van der Waals surface area contributed by atoms with Crippen LogP contribution in [-0.4, -0.2) is 40.1 Å². The minimum Gasteiger partial charge on any atom is -0.282 e. The van der Waals surface area contributed by atoms with Crippen molar-refractivity contribution in [3.8, 4) is 0 Å². The summed E-state index contributed by atoms with van der Waals surface area (Å²) >= 11 is 1.03. The normalized spacial score (nSPS) is 22.8. The molecule has 1 saturated carbocycles. The maximum Gasteiger partial charge on any atom is 0.416 e. The molecule has 7 nitrogen and oxygen atoms in total. The van der Waals surface area contributed by atoms with Crippen molar-refractivity contribution in [2.24, 2.45) is 11.7 Å². The molecular formula is C23H26F5N2O5S3+. The molecule has 3 atom stereocenters. The predicted octanol–water partition coefficient (Wildman–Crippen LogP) is 2.99. The molecule has 2 aromatic rings. The van der Waals surface area contributed by atoms with E-state index in [0.717, 1.165) is 48.3 Å². The SMILES string of the molecule is CS(=O)(=O)O[C@H]1CC[C@](c2cc(F)ccc2F)(S(=O)(=O)c2ccc(C(F)(F)F)cc2)C[C@@H]1CCSC(N)=[NH2+]. The highest BCUT2D eigenvalue weighted by molar-refractivity contribution is 8.13. The van der Waals surface area contributed by atoms with Crippen molar-refractivity contribution in [3.05, 3.63) is 65.2 Å². The number of rotatable bonds is 8. The van der Waals surface area contributed by atoms with Gasteiger partial charge in [-0.3, -0.25) is 15.3 Å². The van der Waals surface area contributed by atoms with Crippen LogP contribution in [0.2, 0.25) is 0 Å². The fourth-order valence-corrected chi connectivity index (χ4v) is 8.33. The molecule has 0 spiro atoms. The van der Waals surface area contributed by atoms with Crippen molar-refractivity contribution >= 4 is 36.9 Å². The average Bonchev–Trinajstić information content (AvgIpc) is 2.80. The first-order valence-electron chi connectivity index (χ1n) is 11.2. The molecule has 0 amide bonds. The van der Waals surface area contributed by atoms with E-state index in [1.807, 2.05) is 0 Å². The first-order valence-corrected chi connectivity index (χ1v) is 15.5. The second kappa shape index (κ2) is 11.1. The Morgan fingerprint density at radius 1 is 1.13 bits per heavy atom. The van der Waals surface area contributed by atoms with E-state index >= 15 is 4.39 Å². The molecule has 1 aliphatic rings. The average molecular weight is 602 g/mol. The Kier molecular flexibility index (Phi) is 8.85. The van der Waals surface area contributed by atoms with Gasteiger partial charge in [0, 0.05) is 11.3 Å². The van der Waals surface area contributed by atoms with Gasteiger partial charge in [-0.2, -0.15) is 21.6 Å². The van der Waals surface area contributed by atoms with E-state index in [9.17, 15) is 34.4 Å². The third-order valence-electron chi connectivity index (χ3n) is 6.43. The zero-order valence-corrected chi connectivity index (χ0v) is 22.5.